The second-order valence-corrected chi connectivity index (χ2v) is 8.59. The normalized spacial score (nSPS) is 14.6. The molecule has 1 heterocycles. The van der Waals surface area contributed by atoms with Crippen LogP contribution in [-0.4, -0.2) is 6.61 Å². The van der Waals surface area contributed by atoms with Crippen LogP contribution in [0, 0.1) is 30.3 Å². The average molecular weight is 402 g/mol. The van der Waals surface area contributed by atoms with Crippen molar-refractivity contribution in [3.05, 3.63) is 64.8 Å². The fraction of sp³-hybridized carbons (Fsp3) is 0.304. The van der Waals surface area contributed by atoms with Gasteiger partial charge in [0.1, 0.15) is 5.82 Å². The van der Waals surface area contributed by atoms with E-state index in [1.54, 1.807) is 12.1 Å². The quantitative estimate of drug-likeness (QED) is 0.433. The largest absolute Gasteiger partial charge is 0.490 e. The summed E-state index contributed by atoms with van der Waals surface area (Å²) in [5.41, 5.74) is 0.783. The summed E-state index contributed by atoms with van der Waals surface area (Å²) < 4.78 is 49.2. The molecule has 0 atom stereocenters. The number of halogens is 3. The van der Waals surface area contributed by atoms with Crippen molar-refractivity contribution in [2.45, 2.75) is 32.6 Å². The summed E-state index contributed by atoms with van der Waals surface area (Å²) in [6.45, 7) is 2.36. The molecule has 28 heavy (non-hydrogen) atoms. The van der Waals surface area contributed by atoms with Crippen LogP contribution in [0.3, 0.4) is 0 Å². The Balaban J connectivity index is 1.58. The van der Waals surface area contributed by atoms with Crippen molar-refractivity contribution in [1.29, 1.82) is 0 Å². The van der Waals surface area contributed by atoms with Crippen molar-refractivity contribution < 1.29 is 17.9 Å². The Morgan fingerprint density at radius 2 is 1.68 bits per heavy atom. The Kier molecular flexibility index (Phi) is 5.44. The number of rotatable bonds is 5. The van der Waals surface area contributed by atoms with Gasteiger partial charge in [0.15, 0.2) is 11.6 Å². The smallest absolute Gasteiger partial charge is 0.201 e. The highest BCUT2D eigenvalue weighted by atomic mass is 32.1. The first-order valence-corrected chi connectivity index (χ1v) is 10.3. The van der Waals surface area contributed by atoms with Crippen LogP contribution in [0.2, 0.25) is 0 Å². The van der Waals surface area contributed by atoms with Gasteiger partial charge in [-0.2, -0.15) is 4.39 Å². The first-order chi connectivity index (χ1) is 13.5. The molecule has 1 aromatic heterocycles. The van der Waals surface area contributed by atoms with Gasteiger partial charge in [-0.25, -0.2) is 8.78 Å². The molecule has 1 aliphatic rings. The van der Waals surface area contributed by atoms with E-state index in [1.165, 1.54) is 29.5 Å². The van der Waals surface area contributed by atoms with Crippen molar-refractivity contribution >= 4 is 11.3 Å². The molecule has 2 aromatic carbocycles. The molecule has 0 radical (unpaired) electrons. The minimum atomic E-state index is -1.02. The summed E-state index contributed by atoms with van der Waals surface area (Å²) in [6, 6.07) is 11.1. The van der Waals surface area contributed by atoms with Crippen LogP contribution in [-0.2, 0) is 0 Å². The maximum Gasteiger partial charge on any atom is 0.201 e. The third-order valence-electron chi connectivity index (χ3n) is 5.28. The molecule has 0 aliphatic heterocycles. The SMILES string of the molecule is Cc1ccc(-c2ccc(-c3ccc(OCC4CCCC4)c(F)c3F)cc2F)s1. The second kappa shape index (κ2) is 8.00. The van der Waals surface area contributed by atoms with Gasteiger partial charge in [0.25, 0.3) is 0 Å². The minimum Gasteiger partial charge on any atom is -0.490 e. The molecule has 3 aromatic rings. The summed E-state index contributed by atoms with van der Waals surface area (Å²) in [5.74, 6) is -2.17. The predicted octanol–water partition coefficient (Wildman–Crippen LogP) is 7.38. The van der Waals surface area contributed by atoms with Crippen LogP contribution in [0.15, 0.2) is 42.5 Å². The molecule has 0 amide bonds. The van der Waals surface area contributed by atoms with Gasteiger partial charge in [-0.15, -0.1) is 11.3 Å². The molecule has 1 aliphatic carbocycles. The summed E-state index contributed by atoms with van der Waals surface area (Å²) in [4.78, 5) is 1.89. The van der Waals surface area contributed by atoms with Gasteiger partial charge in [0.05, 0.1) is 6.61 Å². The molecule has 0 unspecified atom stereocenters. The summed E-state index contributed by atoms with van der Waals surface area (Å²) in [6.07, 6.45) is 4.46. The number of hydrogen-bond acceptors (Lipinski definition) is 2. The third kappa shape index (κ3) is 3.81. The number of benzene rings is 2. The Morgan fingerprint density at radius 1 is 0.929 bits per heavy atom. The molecular weight excluding hydrogens is 381 g/mol. The minimum absolute atomic E-state index is 0.0264. The monoisotopic (exact) mass is 402 g/mol. The van der Waals surface area contributed by atoms with E-state index in [9.17, 15) is 13.2 Å². The predicted molar refractivity (Wildman–Crippen MR) is 107 cm³/mol. The highest BCUT2D eigenvalue weighted by Gasteiger charge is 2.20. The maximum absolute atomic E-state index is 14.6. The van der Waals surface area contributed by atoms with Crippen LogP contribution >= 0.6 is 11.3 Å². The van der Waals surface area contributed by atoms with Gasteiger partial charge in [-0.3, -0.25) is 0 Å². The van der Waals surface area contributed by atoms with Crippen molar-refractivity contribution in [2.24, 2.45) is 5.92 Å². The zero-order valence-electron chi connectivity index (χ0n) is 15.6. The summed E-state index contributed by atoms with van der Waals surface area (Å²) in [7, 11) is 0. The van der Waals surface area contributed by atoms with Crippen LogP contribution in [0.5, 0.6) is 5.75 Å². The fourth-order valence-electron chi connectivity index (χ4n) is 3.71. The van der Waals surface area contributed by atoms with Gasteiger partial charge in [-0.05, 0) is 67.6 Å². The average Bonchev–Trinajstić information content (AvgIpc) is 3.34. The standard InChI is InChI=1S/C23H21F3OS/c1-14-6-11-21(28-14)18-8-7-16(12-19(18)24)17-9-10-20(23(26)22(17)25)27-13-15-4-2-3-5-15/h6-12,15H,2-5,13H2,1H3. The Hall–Kier alpha value is -2.27. The van der Waals surface area contributed by atoms with E-state index >= 15 is 0 Å². The van der Waals surface area contributed by atoms with Crippen LogP contribution in [0.1, 0.15) is 30.6 Å². The Labute approximate surface area is 166 Å². The molecule has 4 rings (SSSR count). The van der Waals surface area contributed by atoms with E-state index in [2.05, 4.69) is 0 Å². The van der Waals surface area contributed by atoms with E-state index in [0.717, 1.165) is 35.4 Å². The highest BCUT2D eigenvalue weighted by molar-refractivity contribution is 7.15. The molecule has 146 valence electrons. The van der Waals surface area contributed by atoms with E-state index in [4.69, 9.17) is 4.74 Å². The fourth-order valence-corrected chi connectivity index (χ4v) is 4.61. The number of aryl methyl sites for hydroxylation is 1. The topological polar surface area (TPSA) is 9.23 Å². The van der Waals surface area contributed by atoms with Gasteiger partial charge in [-0.1, -0.05) is 18.9 Å². The molecule has 0 saturated heterocycles. The van der Waals surface area contributed by atoms with Crippen LogP contribution in [0.4, 0.5) is 13.2 Å². The van der Waals surface area contributed by atoms with Gasteiger partial charge in [0.2, 0.25) is 5.82 Å². The zero-order chi connectivity index (χ0) is 19.7. The zero-order valence-corrected chi connectivity index (χ0v) is 16.4. The lowest BCUT2D eigenvalue weighted by atomic mass is 10.0. The molecule has 0 bridgehead atoms. The molecule has 1 nitrogen and oxygen atoms in total. The molecular formula is C23H21F3OS. The molecule has 1 saturated carbocycles. The van der Waals surface area contributed by atoms with Crippen molar-refractivity contribution in [1.82, 2.24) is 0 Å². The lowest BCUT2D eigenvalue weighted by Crippen LogP contribution is -2.09. The van der Waals surface area contributed by atoms with Gasteiger partial charge >= 0.3 is 0 Å². The number of ether oxygens (including phenoxy) is 1. The molecule has 5 heteroatoms. The first kappa shape index (κ1) is 19.1. The lowest BCUT2D eigenvalue weighted by Gasteiger charge is -2.14. The number of hydrogen-bond donors (Lipinski definition) is 0. The lowest BCUT2D eigenvalue weighted by molar-refractivity contribution is 0.239. The first-order valence-electron chi connectivity index (χ1n) is 9.50. The van der Waals surface area contributed by atoms with Crippen molar-refractivity contribution in [3.8, 4) is 27.3 Å². The summed E-state index contributed by atoms with van der Waals surface area (Å²) >= 11 is 1.49. The van der Waals surface area contributed by atoms with Gasteiger partial charge in [0, 0.05) is 20.9 Å². The molecule has 1 fully saturated rings. The summed E-state index contributed by atoms with van der Waals surface area (Å²) in [5, 5.41) is 0. The third-order valence-corrected chi connectivity index (χ3v) is 6.32. The van der Waals surface area contributed by atoms with E-state index in [-0.39, 0.29) is 11.3 Å². The maximum atomic E-state index is 14.6. The van der Waals surface area contributed by atoms with E-state index in [1.807, 2.05) is 19.1 Å². The van der Waals surface area contributed by atoms with Crippen LogP contribution in [0.25, 0.3) is 21.6 Å². The van der Waals surface area contributed by atoms with Crippen LogP contribution < -0.4 is 4.74 Å². The number of thiophene rings is 1. The van der Waals surface area contributed by atoms with Crippen molar-refractivity contribution in [3.63, 3.8) is 0 Å². The Morgan fingerprint density at radius 3 is 2.36 bits per heavy atom. The highest BCUT2D eigenvalue weighted by Crippen LogP contribution is 2.35. The van der Waals surface area contributed by atoms with Gasteiger partial charge < -0.3 is 4.74 Å². The molecule has 0 spiro atoms. The Bertz CT molecular complexity index is 990. The second-order valence-electron chi connectivity index (χ2n) is 7.31. The van der Waals surface area contributed by atoms with Crippen molar-refractivity contribution in [2.75, 3.05) is 6.61 Å². The van der Waals surface area contributed by atoms with E-state index < -0.39 is 17.5 Å². The van der Waals surface area contributed by atoms with E-state index in [0.29, 0.717) is 23.7 Å². The molecule has 0 N–H and O–H groups in total.